The Morgan fingerprint density at radius 3 is 2.58 bits per heavy atom. The van der Waals surface area contributed by atoms with E-state index >= 15 is 0 Å². The average Bonchev–Trinajstić information content (AvgIpc) is 3.49. The molecule has 0 saturated carbocycles. The molecule has 1 aliphatic rings. The summed E-state index contributed by atoms with van der Waals surface area (Å²) < 4.78 is 46.0. The largest absolute Gasteiger partial charge is 0.494 e. The van der Waals surface area contributed by atoms with Gasteiger partial charge in [0, 0.05) is 36.5 Å². The minimum absolute atomic E-state index is 0.182. The number of ether oxygens (including phenoxy) is 1. The van der Waals surface area contributed by atoms with Gasteiger partial charge in [0.15, 0.2) is 0 Å². The summed E-state index contributed by atoms with van der Waals surface area (Å²) in [5, 5.41) is 10.7. The molecule has 0 saturated heterocycles. The van der Waals surface area contributed by atoms with E-state index in [4.69, 9.17) is 9.72 Å². The number of aryl methyl sites for hydroxylation is 1. The molecule has 12 heteroatoms. The summed E-state index contributed by atoms with van der Waals surface area (Å²) >= 11 is 0. The van der Waals surface area contributed by atoms with Crippen LogP contribution in [0.5, 0.6) is 5.75 Å². The molecule has 4 aromatic rings. The Morgan fingerprint density at radius 2 is 1.94 bits per heavy atom. The number of nitrogens with one attached hydrogen (secondary N) is 2. The molecule has 1 unspecified atom stereocenters. The van der Waals surface area contributed by atoms with Crippen molar-refractivity contribution in [1.82, 2.24) is 29.7 Å². The highest BCUT2D eigenvalue weighted by Gasteiger charge is 2.34. The van der Waals surface area contributed by atoms with Crippen LogP contribution in [0.2, 0.25) is 0 Å². The Morgan fingerprint density at radius 1 is 1.11 bits per heavy atom. The minimum atomic E-state index is -4.48. The minimum Gasteiger partial charge on any atom is -0.494 e. The standard InChI is InChI=1S/C24H23F3N8O/c1-13-30-12-35(34-13)18-8-5-15(10-19(18)36-3)31-23-32-21-16(6-7-17(21)22(28-2)33-23)14-4-9-20(29-11-14)24(25,26)27/h4-5,8-12,16H,6-7H2,1-3H3,(H2,28,31,32,33). The van der Waals surface area contributed by atoms with Crippen LogP contribution in [0.3, 0.4) is 0 Å². The Hall–Kier alpha value is -4.22. The molecule has 9 nitrogen and oxygen atoms in total. The molecule has 1 aliphatic carbocycles. The zero-order valence-corrected chi connectivity index (χ0v) is 19.8. The van der Waals surface area contributed by atoms with E-state index in [0.29, 0.717) is 47.4 Å². The van der Waals surface area contributed by atoms with Crippen LogP contribution in [0.1, 0.15) is 40.7 Å². The van der Waals surface area contributed by atoms with Crippen molar-refractivity contribution in [3.05, 3.63) is 71.2 Å². The van der Waals surface area contributed by atoms with Crippen LogP contribution in [0.15, 0.2) is 42.9 Å². The molecule has 3 aromatic heterocycles. The maximum Gasteiger partial charge on any atom is 0.433 e. The van der Waals surface area contributed by atoms with Gasteiger partial charge in [-0.3, -0.25) is 4.98 Å². The highest BCUT2D eigenvalue weighted by molar-refractivity contribution is 5.64. The molecule has 5 rings (SSSR count). The molecular formula is C24H23F3N8O. The van der Waals surface area contributed by atoms with E-state index in [-0.39, 0.29) is 5.92 Å². The van der Waals surface area contributed by atoms with Gasteiger partial charge < -0.3 is 15.4 Å². The van der Waals surface area contributed by atoms with Crippen LogP contribution < -0.4 is 15.4 Å². The summed E-state index contributed by atoms with van der Waals surface area (Å²) in [6.07, 6.45) is -0.175. The number of rotatable bonds is 6. The van der Waals surface area contributed by atoms with Crippen molar-refractivity contribution in [3.63, 3.8) is 0 Å². The van der Waals surface area contributed by atoms with Crippen molar-refractivity contribution < 1.29 is 17.9 Å². The van der Waals surface area contributed by atoms with Crippen LogP contribution in [0.25, 0.3) is 5.69 Å². The maximum absolute atomic E-state index is 13.0. The van der Waals surface area contributed by atoms with Crippen molar-refractivity contribution in [2.45, 2.75) is 31.9 Å². The highest BCUT2D eigenvalue weighted by Crippen LogP contribution is 2.41. The van der Waals surface area contributed by atoms with Gasteiger partial charge in [0.25, 0.3) is 0 Å². The zero-order chi connectivity index (χ0) is 25.4. The number of nitrogens with zero attached hydrogens (tertiary/aromatic N) is 6. The Labute approximate surface area is 204 Å². The SMILES string of the molecule is CNc1nc(Nc2ccc(-n3cnc(C)n3)c(OC)c2)nc2c1CCC2c1ccc(C(F)(F)F)nc1. The molecule has 3 heterocycles. The van der Waals surface area contributed by atoms with Gasteiger partial charge in [-0.1, -0.05) is 6.07 Å². The second-order valence-corrected chi connectivity index (χ2v) is 8.32. The van der Waals surface area contributed by atoms with E-state index in [1.54, 1.807) is 38.2 Å². The van der Waals surface area contributed by atoms with Crippen molar-refractivity contribution >= 4 is 17.5 Å². The first-order valence-electron chi connectivity index (χ1n) is 11.2. The number of methoxy groups -OCH3 is 1. The Balaban J connectivity index is 1.46. The molecule has 0 spiro atoms. The van der Waals surface area contributed by atoms with Gasteiger partial charge in [-0.25, -0.2) is 14.6 Å². The van der Waals surface area contributed by atoms with Gasteiger partial charge in [0.1, 0.15) is 35.1 Å². The number of hydrogen-bond donors (Lipinski definition) is 2. The fourth-order valence-corrected chi connectivity index (χ4v) is 4.36. The molecule has 186 valence electrons. The number of alkyl halides is 3. The number of aromatic nitrogens is 6. The normalized spacial score (nSPS) is 15.0. The molecule has 36 heavy (non-hydrogen) atoms. The molecule has 0 aliphatic heterocycles. The highest BCUT2D eigenvalue weighted by atomic mass is 19.4. The number of benzene rings is 1. The van der Waals surface area contributed by atoms with Crippen molar-refractivity contribution in [3.8, 4) is 11.4 Å². The van der Waals surface area contributed by atoms with Gasteiger partial charge in [-0.05, 0) is 43.5 Å². The van der Waals surface area contributed by atoms with E-state index in [2.05, 4.69) is 30.7 Å². The van der Waals surface area contributed by atoms with Gasteiger partial charge in [-0.2, -0.15) is 23.3 Å². The molecule has 0 radical (unpaired) electrons. The van der Waals surface area contributed by atoms with Crippen LogP contribution in [0, 0.1) is 6.92 Å². The van der Waals surface area contributed by atoms with E-state index in [9.17, 15) is 13.2 Å². The van der Waals surface area contributed by atoms with E-state index in [1.807, 2.05) is 12.1 Å². The Kier molecular flexibility index (Phi) is 5.94. The summed E-state index contributed by atoms with van der Waals surface area (Å²) in [6, 6.07) is 7.98. The van der Waals surface area contributed by atoms with E-state index in [0.717, 1.165) is 23.0 Å². The quantitative estimate of drug-likeness (QED) is 0.398. The average molecular weight is 496 g/mol. The molecule has 0 bridgehead atoms. The lowest BCUT2D eigenvalue weighted by atomic mass is 9.98. The first-order chi connectivity index (χ1) is 17.3. The fourth-order valence-electron chi connectivity index (χ4n) is 4.36. The number of hydrogen-bond acceptors (Lipinski definition) is 8. The predicted octanol–water partition coefficient (Wildman–Crippen LogP) is 4.65. The smallest absolute Gasteiger partial charge is 0.433 e. The monoisotopic (exact) mass is 496 g/mol. The summed E-state index contributed by atoms with van der Waals surface area (Å²) in [7, 11) is 3.34. The van der Waals surface area contributed by atoms with Crippen molar-refractivity contribution in [2.24, 2.45) is 0 Å². The summed E-state index contributed by atoms with van der Waals surface area (Å²) in [4.78, 5) is 17.1. The molecule has 1 atom stereocenters. The predicted molar refractivity (Wildman–Crippen MR) is 127 cm³/mol. The topological polar surface area (TPSA) is 103 Å². The van der Waals surface area contributed by atoms with Crippen LogP contribution in [-0.4, -0.2) is 43.9 Å². The second kappa shape index (κ2) is 9.10. The van der Waals surface area contributed by atoms with Gasteiger partial charge in [0.2, 0.25) is 5.95 Å². The maximum atomic E-state index is 13.0. The van der Waals surface area contributed by atoms with E-state index in [1.165, 1.54) is 12.3 Å². The van der Waals surface area contributed by atoms with Crippen LogP contribution in [0.4, 0.5) is 30.6 Å². The first kappa shape index (κ1) is 23.5. The molecule has 0 amide bonds. The molecular weight excluding hydrogens is 473 g/mol. The summed E-state index contributed by atoms with van der Waals surface area (Å²) in [5.74, 6) is 2.07. The molecule has 0 fully saturated rings. The van der Waals surface area contributed by atoms with E-state index < -0.39 is 11.9 Å². The third kappa shape index (κ3) is 4.41. The third-order valence-corrected chi connectivity index (χ3v) is 6.06. The summed E-state index contributed by atoms with van der Waals surface area (Å²) in [6.45, 7) is 1.80. The van der Waals surface area contributed by atoms with Crippen molar-refractivity contribution in [2.75, 3.05) is 24.8 Å². The Bertz CT molecular complexity index is 1400. The number of halogens is 3. The second-order valence-electron chi connectivity index (χ2n) is 8.32. The zero-order valence-electron chi connectivity index (χ0n) is 19.8. The lowest BCUT2D eigenvalue weighted by Crippen LogP contribution is -2.10. The molecule has 2 N–H and O–H groups in total. The number of fused-ring (bicyclic) bond motifs is 1. The number of pyridine rings is 1. The lowest BCUT2D eigenvalue weighted by molar-refractivity contribution is -0.141. The van der Waals surface area contributed by atoms with Crippen molar-refractivity contribution in [1.29, 1.82) is 0 Å². The first-order valence-corrected chi connectivity index (χ1v) is 11.2. The van der Waals surface area contributed by atoms with Gasteiger partial charge >= 0.3 is 6.18 Å². The van der Waals surface area contributed by atoms with Gasteiger partial charge in [0.05, 0.1) is 12.8 Å². The lowest BCUT2D eigenvalue weighted by Gasteiger charge is -2.16. The summed E-state index contributed by atoms with van der Waals surface area (Å²) in [5.41, 5.74) is 2.90. The van der Waals surface area contributed by atoms with Crippen LogP contribution in [-0.2, 0) is 12.6 Å². The number of anilines is 3. The molecule has 1 aromatic carbocycles. The fraction of sp³-hybridized carbons (Fsp3) is 0.292. The van der Waals surface area contributed by atoms with Crippen LogP contribution >= 0.6 is 0 Å². The third-order valence-electron chi connectivity index (χ3n) is 6.06. The van der Waals surface area contributed by atoms with Gasteiger partial charge in [-0.15, -0.1) is 0 Å².